The van der Waals surface area contributed by atoms with E-state index in [2.05, 4.69) is 5.16 Å². The first-order chi connectivity index (χ1) is 15.8. The molecule has 2 aromatic heterocycles. The number of fused-ring (bicyclic) bond motifs is 2. The van der Waals surface area contributed by atoms with Crippen LogP contribution in [0.25, 0.3) is 11.0 Å². The van der Waals surface area contributed by atoms with Crippen LogP contribution in [0.5, 0.6) is 11.5 Å². The van der Waals surface area contributed by atoms with Gasteiger partial charge in [-0.3, -0.25) is 14.5 Å². The number of amides is 1. The second-order valence-electron chi connectivity index (χ2n) is 7.50. The highest BCUT2D eigenvalue weighted by Crippen LogP contribution is 2.42. The summed E-state index contributed by atoms with van der Waals surface area (Å²) in [5.74, 6) is -1.68. The molecule has 10 nitrogen and oxygen atoms in total. The largest absolute Gasteiger partial charge is 0.508 e. The van der Waals surface area contributed by atoms with E-state index in [-0.39, 0.29) is 39.4 Å². The molecule has 2 N–H and O–H groups in total. The average Bonchev–Trinajstić information content (AvgIpc) is 3.35. The van der Waals surface area contributed by atoms with E-state index in [1.807, 2.05) is 0 Å². The maximum Gasteiger partial charge on any atom is 0.337 e. The number of benzene rings is 2. The lowest BCUT2D eigenvalue weighted by Crippen LogP contribution is -2.29. The summed E-state index contributed by atoms with van der Waals surface area (Å²) in [4.78, 5) is 39.9. The van der Waals surface area contributed by atoms with Crippen LogP contribution in [0.15, 0.2) is 56.2 Å². The van der Waals surface area contributed by atoms with Crippen LogP contribution in [0.3, 0.4) is 0 Å². The van der Waals surface area contributed by atoms with Crippen LogP contribution in [0.2, 0.25) is 0 Å². The van der Waals surface area contributed by atoms with Crippen molar-refractivity contribution in [3.63, 3.8) is 0 Å². The molecule has 10 heteroatoms. The van der Waals surface area contributed by atoms with Gasteiger partial charge in [0, 0.05) is 12.1 Å². The molecule has 2 aromatic carbocycles. The number of nitrogens with zero attached hydrogens (tertiary/aromatic N) is 2. The van der Waals surface area contributed by atoms with Crippen LogP contribution in [0.4, 0.5) is 5.82 Å². The summed E-state index contributed by atoms with van der Waals surface area (Å²) in [5, 5.41) is 23.9. The minimum atomic E-state index is -0.964. The van der Waals surface area contributed by atoms with Crippen molar-refractivity contribution >= 4 is 28.7 Å². The van der Waals surface area contributed by atoms with Crippen LogP contribution in [0.1, 0.15) is 43.8 Å². The van der Waals surface area contributed by atoms with Crippen molar-refractivity contribution in [3.8, 4) is 11.5 Å². The fourth-order valence-corrected chi connectivity index (χ4v) is 3.98. The molecule has 1 aliphatic heterocycles. The maximum absolute atomic E-state index is 13.5. The molecule has 1 atom stereocenters. The molecule has 0 saturated carbocycles. The quantitative estimate of drug-likeness (QED) is 0.452. The molecule has 1 amide bonds. The Balaban J connectivity index is 1.78. The monoisotopic (exact) mass is 448 g/mol. The summed E-state index contributed by atoms with van der Waals surface area (Å²) in [6.45, 7) is 1.66. The number of anilines is 1. The first-order valence-corrected chi connectivity index (χ1v) is 9.78. The number of aromatic hydroxyl groups is 2. The third kappa shape index (κ3) is 3.03. The number of aromatic nitrogens is 1. The summed E-state index contributed by atoms with van der Waals surface area (Å²) < 4.78 is 15.5. The zero-order valence-corrected chi connectivity index (χ0v) is 17.4. The topological polar surface area (TPSA) is 143 Å². The molecule has 1 aliphatic rings. The Kier molecular flexibility index (Phi) is 4.45. The summed E-state index contributed by atoms with van der Waals surface area (Å²) in [6.07, 6.45) is 0. The standard InChI is InChI=1S/C23H16N2O8/c1-10-7-16(24-33-10)25-18(11-3-5-12(6-4-11)23(30)31-2)17-19(28)14-8-13(26)9-15(27)20(14)32-21(17)22(25)29/h3-9,18,26-27H,1-2H3/t18-/m0/s1. The Morgan fingerprint density at radius 1 is 1.12 bits per heavy atom. The molecular formula is C23H16N2O8. The number of esters is 1. The lowest BCUT2D eigenvalue weighted by Gasteiger charge is -2.22. The van der Waals surface area contributed by atoms with Gasteiger partial charge in [0.25, 0.3) is 5.91 Å². The van der Waals surface area contributed by atoms with Crippen molar-refractivity contribution in [2.75, 3.05) is 12.0 Å². The number of carbonyl (C=O) groups excluding carboxylic acids is 2. The second-order valence-corrected chi connectivity index (χ2v) is 7.50. The van der Waals surface area contributed by atoms with E-state index in [0.29, 0.717) is 11.3 Å². The zero-order valence-electron chi connectivity index (χ0n) is 17.4. The molecular weight excluding hydrogens is 432 g/mol. The molecule has 5 rings (SSSR count). The molecule has 0 fully saturated rings. The SMILES string of the molecule is COC(=O)c1ccc([C@H]2c3c(oc4c(O)cc(O)cc4c3=O)C(=O)N2c2cc(C)on2)cc1. The Hall–Kier alpha value is -4.60. The number of rotatable bonds is 3. The van der Waals surface area contributed by atoms with Crippen LogP contribution in [-0.2, 0) is 4.74 Å². The smallest absolute Gasteiger partial charge is 0.337 e. The lowest BCUT2D eigenvalue weighted by molar-refractivity contribution is 0.0600. The molecule has 0 unspecified atom stereocenters. The number of methoxy groups -OCH3 is 1. The minimum absolute atomic E-state index is 0.00368. The van der Waals surface area contributed by atoms with Crippen molar-refractivity contribution < 1.29 is 33.5 Å². The Morgan fingerprint density at radius 3 is 2.48 bits per heavy atom. The average molecular weight is 448 g/mol. The first-order valence-electron chi connectivity index (χ1n) is 9.78. The highest BCUT2D eigenvalue weighted by molar-refractivity contribution is 6.10. The maximum atomic E-state index is 13.5. The Labute approximate surface area is 185 Å². The summed E-state index contributed by atoms with van der Waals surface area (Å²) in [5.41, 5.74) is -0.0381. The van der Waals surface area contributed by atoms with Crippen molar-refractivity contribution in [2.24, 2.45) is 0 Å². The van der Waals surface area contributed by atoms with Gasteiger partial charge in [0.15, 0.2) is 22.6 Å². The van der Waals surface area contributed by atoms with Gasteiger partial charge < -0.3 is 23.9 Å². The molecule has 0 aliphatic carbocycles. The van der Waals surface area contributed by atoms with Gasteiger partial charge in [0.2, 0.25) is 5.76 Å². The van der Waals surface area contributed by atoms with E-state index >= 15 is 0 Å². The molecule has 0 radical (unpaired) electrons. The molecule has 0 bridgehead atoms. The number of carbonyl (C=O) groups is 2. The lowest BCUT2D eigenvalue weighted by atomic mass is 9.97. The summed E-state index contributed by atoms with van der Waals surface area (Å²) >= 11 is 0. The molecule has 166 valence electrons. The van der Waals surface area contributed by atoms with Crippen LogP contribution in [-0.4, -0.2) is 34.4 Å². The fourth-order valence-electron chi connectivity index (χ4n) is 3.98. The molecule has 0 saturated heterocycles. The van der Waals surface area contributed by atoms with Crippen LogP contribution >= 0.6 is 0 Å². The predicted molar refractivity (Wildman–Crippen MR) is 113 cm³/mol. The fraction of sp³-hybridized carbons (Fsp3) is 0.130. The molecule has 0 spiro atoms. The number of aryl methyl sites for hydroxylation is 1. The van der Waals surface area contributed by atoms with E-state index in [0.717, 1.165) is 12.1 Å². The highest BCUT2D eigenvalue weighted by Gasteiger charge is 2.45. The summed E-state index contributed by atoms with van der Waals surface area (Å²) in [6, 6.07) is 8.93. The van der Waals surface area contributed by atoms with Gasteiger partial charge in [-0.05, 0) is 30.7 Å². The van der Waals surface area contributed by atoms with Gasteiger partial charge in [-0.25, -0.2) is 4.79 Å². The third-order valence-corrected chi connectivity index (χ3v) is 5.45. The molecule has 3 heterocycles. The van der Waals surface area contributed by atoms with E-state index < -0.39 is 29.1 Å². The number of phenols is 2. The van der Waals surface area contributed by atoms with Gasteiger partial charge in [0.05, 0.1) is 29.7 Å². The van der Waals surface area contributed by atoms with Crippen molar-refractivity contribution in [3.05, 3.63) is 80.9 Å². The first kappa shape index (κ1) is 20.3. The Bertz CT molecular complexity index is 1500. The van der Waals surface area contributed by atoms with E-state index in [1.165, 1.54) is 30.2 Å². The van der Waals surface area contributed by atoms with Crippen LogP contribution < -0.4 is 10.3 Å². The minimum Gasteiger partial charge on any atom is -0.508 e. The third-order valence-electron chi connectivity index (χ3n) is 5.45. The number of phenolic OH excluding ortho intramolecular Hbond substituents is 2. The normalized spacial score (nSPS) is 15.2. The van der Waals surface area contributed by atoms with Gasteiger partial charge in [-0.15, -0.1) is 0 Å². The zero-order chi connectivity index (χ0) is 23.4. The van der Waals surface area contributed by atoms with Crippen molar-refractivity contribution in [1.82, 2.24) is 5.16 Å². The second kappa shape index (κ2) is 7.23. The number of hydrogen-bond acceptors (Lipinski definition) is 9. The van der Waals surface area contributed by atoms with Crippen LogP contribution in [0, 0.1) is 6.92 Å². The number of hydrogen-bond donors (Lipinski definition) is 2. The number of ether oxygens (including phenoxy) is 1. The Morgan fingerprint density at radius 2 is 1.85 bits per heavy atom. The van der Waals surface area contributed by atoms with Crippen molar-refractivity contribution in [1.29, 1.82) is 0 Å². The van der Waals surface area contributed by atoms with Gasteiger partial charge in [-0.1, -0.05) is 17.3 Å². The van der Waals surface area contributed by atoms with Crippen molar-refractivity contribution in [2.45, 2.75) is 13.0 Å². The van der Waals surface area contributed by atoms with E-state index in [4.69, 9.17) is 13.7 Å². The van der Waals surface area contributed by atoms with E-state index in [9.17, 15) is 24.6 Å². The molecule has 33 heavy (non-hydrogen) atoms. The van der Waals surface area contributed by atoms with Gasteiger partial charge >= 0.3 is 5.97 Å². The highest BCUT2D eigenvalue weighted by atomic mass is 16.5. The van der Waals surface area contributed by atoms with Gasteiger partial charge in [-0.2, -0.15) is 0 Å². The predicted octanol–water partition coefficient (Wildman–Crippen LogP) is 3.04. The van der Waals surface area contributed by atoms with E-state index in [1.54, 1.807) is 19.1 Å². The van der Waals surface area contributed by atoms with Gasteiger partial charge in [0.1, 0.15) is 11.5 Å². The molecule has 4 aromatic rings. The summed E-state index contributed by atoms with van der Waals surface area (Å²) in [7, 11) is 1.26.